The number of nitrogens with zero attached hydrogens (tertiary/aromatic N) is 5. The summed E-state index contributed by atoms with van der Waals surface area (Å²) in [6.07, 6.45) is 3.28. The highest BCUT2D eigenvalue weighted by Gasteiger charge is 2.26. The van der Waals surface area contributed by atoms with Gasteiger partial charge in [-0.2, -0.15) is 10.2 Å². The molecule has 9 nitrogen and oxygen atoms in total. The molecule has 146 valence electrons. The lowest BCUT2D eigenvalue weighted by Crippen LogP contribution is -2.41. The van der Waals surface area contributed by atoms with Crippen molar-refractivity contribution in [1.82, 2.24) is 24.5 Å². The van der Waals surface area contributed by atoms with E-state index in [0.717, 1.165) is 5.69 Å². The van der Waals surface area contributed by atoms with Gasteiger partial charge in [0, 0.05) is 26.1 Å². The average molecular weight is 395 g/mol. The normalized spacial score (nSPS) is 14.4. The Labute approximate surface area is 162 Å². The molecule has 10 heteroatoms. The third kappa shape index (κ3) is 4.30. The second-order valence-corrected chi connectivity index (χ2v) is 6.63. The van der Waals surface area contributed by atoms with Crippen LogP contribution in [0, 0.1) is 6.92 Å². The molecule has 3 heterocycles. The number of nitrogens with one attached hydrogen (secondary N) is 1. The molecule has 0 spiro atoms. The maximum absolute atomic E-state index is 12.9. The Hall–Kier alpha value is -2.39. The fourth-order valence-corrected chi connectivity index (χ4v) is 3.07. The SMILES string of the molecule is CCn1ncc(NC(=O)CCn2ncc(Cl)c2C)c1C(=O)N1CCOCC1. The number of ether oxygens (including phenoxy) is 1. The van der Waals surface area contributed by atoms with Gasteiger partial charge in [-0.3, -0.25) is 19.0 Å². The quantitative estimate of drug-likeness (QED) is 0.802. The van der Waals surface area contributed by atoms with Crippen LogP contribution in [-0.2, 0) is 22.6 Å². The molecule has 2 amide bonds. The van der Waals surface area contributed by atoms with Crippen LogP contribution < -0.4 is 5.32 Å². The van der Waals surface area contributed by atoms with Crippen LogP contribution in [0.25, 0.3) is 0 Å². The fraction of sp³-hybridized carbons (Fsp3) is 0.529. The van der Waals surface area contributed by atoms with Crippen molar-refractivity contribution in [1.29, 1.82) is 0 Å². The Balaban J connectivity index is 1.69. The topological polar surface area (TPSA) is 94.3 Å². The van der Waals surface area contributed by atoms with Crippen molar-refractivity contribution in [2.24, 2.45) is 0 Å². The van der Waals surface area contributed by atoms with Crippen LogP contribution >= 0.6 is 11.6 Å². The maximum atomic E-state index is 12.9. The third-order valence-electron chi connectivity index (χ3n) is 4.51. The van der Waals surface area contributed by atoms with Gasteiger partial charge in [0.25, 0.3) is 5.91 Å². The summed E-state index contributed by atoms with van der Waals surface area (Å²) in [6, 6.07) is 0. The summed E-state index contributed by atoms with van der Waals surface area (Å²) in [5.74, 6) is -0.365. The van der Waals surface area contributed by atoms with Crippen molar-refractivity contribution in [3.8, 4) is 0 Å². The van der Waals surface area contributed by atoms with Crippen molar-refractivity contribution in [2.45, 2.75) is 33.4 Å². The number of hydrogen-bond donors (Lipinski definition) is 1. The smallest absolute Gasteiger partial charge is 0.274 e. The van der Waals surface area contributed by atoms with Crippen LogP contribution in [0.1, 0.15) is 29.5 Å². The number of carbonyl (C=O) groups excluding carboxylic acids is 2. The van der Waals surface area contributed by atoms with Crippen molar-refractivity contribution in [2.75, 3.05) is 31.6 Å². The average Bonchev–Trinajstić information content (AvgIpc) is 3.23. The second-order valence-electron chi connectivity index (χ2n) is 6.23. The lowest BCUT2D eigenvalue weighted by Gasteiger charge is -2.27. The van der Waals surface area contributed by atoms with E-state index in [-0.39, 0.29) is 18.2 Å². The minimum Gasteiger partial charge on any atom is -0.378 e. The molecule has 2 aromatic heterocycles. The van der Waals surface area contributed by atoms with Gasteiger partial charge in [0.2, 0.25) is 5.91 Å². The molecule has 0 unspecified atom stereocenters. The molecule has 2 aromatic rings. The minimum atomic E-state index is -0.215. The molecule has 3 rings (SSSR count). The van der Waals surface area contributed by atoms with Gasteiger partial charge in [-0.15, -0.1) is 0 Å². The number of aryl methyl sites for hydroxylation is 2. The van der Waals surface area contributed by atoms with E-state index in [0.29, 0.717) is 55.8 Å². The molecule has 0 aliphatic carbocycles. The van der Waals surface area contributed by atoms with E-state index in [1.165, 1.54) is 6.20 Å². The van der Waals surface area contributed by atoms with E-state index >= 15 is 0 Å². The van der Waals surface area contributed by atoms with Gasteiger partial charge >= 0.3 is 0 Å². The first-order valence-electron chi connectivity index (χ1n) is 8.91. The highest BCUT2D eigenvalue weighted by molar-refractivity contribution is 6.31. The van der Waals surface area contributed by atoms with E-state index < -0.39 is 0 Å². The van der Waals surface area contributed by atoms with Gasteiger partial charge in [-0.05, 0) is 13.8 Å². The molecule has 1 fully saturated rings. The molecule has 0 saturated carbocycles. The summed E-state index contributed by atoms with van der Waals surface area (Å²) in [7, 11) is 0. The van der Waals surface area contributed by atoms with Crippen molar-refractivity contribution in [3.05, 3.63) is 28.8 Å². The second kappa shape index (κ2) is 8.53. The molecule has 0 radical (unpaired) electrons. The zero-order valence-electron chi connectivity index (χ0n) is 15.4. The number of carbonyl (C=O) groups is 2. The van der Waals surface area contributed by atoms with Gasteiger partial charge in [-0.25, -0.2) is 0 Å². The molecular weight excluding hydrogens is 372 g/mol. The van der Waals surface area contributed by atoms with Crippen LogP contribution in [-0.4, -0.2) is 62.6 Å². The van der Waals surface area contributed by atoms with E-state index in [9.17, 15) is 9.59 Å². The number of aromatic nitrogens is 4. The van der Waals surface area contributed by atoms with Gasteiger partial charge in [0.15, 0.2) is 0 Å². The van der Waals surface area contributed by atoms with Gasteiger partial charge in [0.1, 0.15) is 5.69 Å². The number of halogens is 1. The van der Waals surface area contributed by atoms with E-state index in [2.05, 4.69) is 15.5 Å². The predicted molar refractivity (Wildman–Crippen MR) is 99.8 cm³/mol. The summed E-state index contributed by atoms with van der Waals surface area (Å²) in [5.41, 5.74) is 1.63. The molecule has 27 heavy (non-hydrogen) atoms. The zero-order valence-corrected chi connectivity index (χ0v) is 16.2. The first kappa shape index (κ1) is 19.4. The van der Waals surface area contributed by atoms with Crippen molar-refractivity contribution < 1.29 is 14.3 Å². The summed E-state index contributed by atoms with van der Waals surface area (Å²) < 4.78 is 8.58. The number of amides is 2. The van der Waals surface area contributed by atoms with Gasteiger partial charge in [-0.1, -0.05) is 11.6 Å². The molecule has 1 aliphatic heterocycles. The molecule has 0 aromatic carbocycles. The Bertz CT molecular complexity index is 825. The van der Waals surface area contributed by atoms with Crippen molar-refractivity contribution in [3.63, 3.8) is 0 Å². The molecule has 1 saturated heterocycles. The summed E-state index contributed by atoms with van der Waals surface area (Å²) in [4.78, 5) is 27.0. The number of morpholine rings is 1. The van der Waals surface area contributed by atoms with E-state index in [1.54, 1.807) is 20.5 Å². The Kier molecular flexibility index (Phi) is 6.12. The first-order valence-corrected chi connectivity index (χ1v) is 9.29. The molecular formula is C17H23ClN6O3. The van der Waals surface area contributed by atoms with E-state index in [4.69, 9.17) is 16.3 Å². The molecule has 1 aliphatic rings. The Morgan fingerprint density at radius 2 is 1.93 bits per heavy atom. The van der Waals surface area contributed by atoms with E-state index in [1.807, 2.05) is 13.8 Å². The van der Waals surface area contributed by atoms with Crippen LogP contribution in [0.2, 0.25) is 5.02 Å². The lowest BCUT2D eigenvalue weighted by molar-refractivity contribution is -0.116. The van der Waals surface area contributed by atoms with Gasteiger partial charge < -0.3 is 15.0 Å². The van der Waals surface area contributed by atoms with Crippen LogP contribution in [0.5, 0.6) is 0 Å². The Morgan fingerprint density at radius 1 is 1.22 bits per heavy atom. The van der Waals surface area contributed by atoms with Gasteiger partial charge in [0.05, 0.1) is 48.6 Å². The first-order chi connectivity index (χ1) is 13.0. The van der Waals surface area contributed by atoms with Crippen molar-refractivity contribution >= 4 is 29.1 Å². The highest BCUT2D eigenvalue weighted by atomic mass is 35.5. The number of hydrogen-bond acceptors (Lipinski definition) is 5. The largest absolute Gasteiger partial charge is 0.378 e. The van der Waals surface area contributed by atoms with Crippen LogP contribution in [0.3, 0.4) is 0 Å². The Morgan fingerprint density at radius 3 is 2.56 bits per heavy atom. The fourth-order valence-electron chi connectivity index (χ4n) is 2.93. The summed E-state index contributed by atoms with van der Waals surface area (Å²) in [5, 5.41) is 11.7. The molecule has 1 N–H and O–H groups in total. The standard InChI is InChI=1S/C17H23ClN6O3/c1-3-23-16(17(26)22-6-8-27-9-7-22)14(11-20-23)21-15(25)4-5-24-12(2)13(18)10-19-24/h10-11H,3-9H2,1-2H3,(H,21,25). The maximum Gasteiger partial charge on any atom is 0.274 e. The monoisotopic (exact) mass is 394 g/mol. The lowest BCUT2D eigenvalue weighted by atomic mass is 10.2. The van der Waals surface area contributed by atoms with Crippen LogP contribution in [0.4, 0.5) is 5.69 Å². The zero-order chi connectivity index (χ0) is 19.4. The minimum absolute atomic E-state index is 0.150. The highest BCUT2D eigenvalue weighted by Crippen LogP contribution is 2.19. The third-order valence-corrected chi connectivity index (χ3v) is 4.88. The number of anilines is 1. The summed E-state index contributed by atoms with van der Waals surface area (Å²) in [6.45, 7) is 6.77. The number of rotatable bonds is 6. The molecule has 0 bridgehead atoms. The van der Waals surface area contributed by atoms with Crippen LogP contribution in [0.15, 0.2) is 12.4 Å². The summed E-state index contributed by atoms with van der Waals surface area (Å²) >= 11 is 5.98. The predicted octanol–water partition coefficient (Wildman–Crippen LogP) is 1.56. The molecule has 0 atom stereocenters.